The van der Waals surface area contributed by atoms with Gasteiger partial charge in [-0.3, -0.25) is 9.00 Å². The van der Waals surface area contributed by atoms with Crippen LogP contribution < -0.4 is 5.32 Å². The number of carbonyl (C=O) groups excluding carboxylic acids is 1. The van der Waals surface area contributed by atoms with E-state index in [0.717, 1.165) is 24.0 Å². The Hall–Kier alpha value is -3.38. The first-order valence-corrected chi connectivity index (χ1v) is 12.5. The van der Waals surface area contributed by atoms with Gasteiger partial charge in [-0.15, -0.1) is 0 Å². The van der Waals surface area contributed by atoms with Crippen molar-refractivity contribution in [3.8, 4) is 11.3 Å². The number of para-hydroxylation sites is 1. The predicted octanol–water partition coefficient (Wildman–Crippen LogP) is 5.66. The van der Waals surface area contributed by atoms with Crippen molar-refractivity contribution in [2.75, 3.05) is 6.26 Å². The van der Waals surface area contributed by atoms with Gasteiger partial charge in [0, 0.05) is 17.2 Å². The number of fused-ring (bicyclic) bond motifs is 1. The lowest BCUT2D eigenvalue weighted by Gasteiger charge is -2.21. The summed E-state index contributed by atoms with van der Waals surface area (Å²) >= 11 is 0. The van der Waals surface area contributed by atoms with Crippen molar-refractivity contribution in [3.63, 3.8) is 0 Å². The molecule has 1 aromatic heterocycles. The molecule has 1 aliphatic rings. The van der Waals surface area contributed by atoms with Gasteiger partial charge < -0.3 is 5.32 Å². The SMILES string of the molecule is C[S@](=O)c1c(-c2ccccc2)nc2ccccc2c1C(=O)NC(c1cccc(F)c1)C1CC1. The van der Waals surface area contributed by atoms with E-state index in [1.54, 1.807) is 12.3 Å². The summed E-state index contributed by atoms with van der Waals surface area (Å²) in [7, 11) is -1.47. The summed E-state index contributed by atoms with van der Waals surface area (Å²) < 4.78 is 26.9. The maximum Gasteiger partial charge on any atom is 0.253 e. The summed E-state index contributed by atoms with van der Waals surface area (Å²) in [4.78, 5) is 19.0. The van der Waals surface area contributed by atoms with Crippen LogP contribution in [0, 0.1) is 11.7 Å². The van der Waals surface area contributed by atoms with Gasteiger partial charge in [0.15, 0.2) is 0 Å². The minimum Gasteiger partial charge on any atom is -0.345 e. The molecule has 1 fully saturated rings. The first kappa shape index (κ1) is 21.5. The number of nitrogens with one attached hydrogen (secondary N) is 1. The highest BCUT2D eigenvalue weighted by atomic mass is 32.2. The molecule has 33 heavy (non-hydrogen) atoms. The minimum absolute atomic E-state index is 0.257. The van der Waals surface area contributed by atoms with Crippen molar-refractivity contribution in [3.05, 3.63) is 95.8 Å². The Morgan fingerprint density at radius 3 is 2.45 bits per heavy atom. The van der Waals surface area contributed by atoms with E-state index >= 15 is 0 Å². The summed E-state index contributed by atoms with van der Waals surface area (Å²) in [5.74, 6) is -0.395. The second-order valence-electron chi connectivity index (χ2n) is 8.35. The van der Waals surface area contributed by atoms with Crippen molar-refractivity contribution in [2.24, 2.45) is 5.92 Å². The summed E-state index contributed by atoms with van der Waals surface area (Å²) in [6.45, 7) is 0. The van der Waals surface area contributed by atoms with E-state index in [1.807, 2.05) is 60.7 Å². The Morgan fingerprint density at radius 2 is 1.76 bits per heavy atom. The first-order chi connectivity index (χ1) is 16.0. The molecule has 0 radical (unpaired) electrons. The minimum atomic E-state index is -1.47. The number of aromatic nitrogens is 1. The molecule has 4 aromatic rings. The number of hydrogen-bond acceptors (Lipinski definition) is 3. The molecule has 2 atom stereocenters. The number of rotatable bonds is 6. The standard InChI is InChI=1S/C27H23FN2O2S/c1-33(32)26-23(27(31)30-24(18-14-15-18)19-10-7-11-20(28)16-19)21-12-5-6-13-22(21)29-25(26)17-8-3-2-4-9-17/h2-13,16,18,24H,14-15H2,1H3,(H,30,31)/t24?,33-/m0/s1. The fourth-order valence-electron chi connectivity index (χ4n) is 4.31. The molecule has 1 N–H and O–H groups in total. The summed E-state index contributed by atoms with van der Waals surface area (Å²) in [6, 6.07) is 22.9. The van der Waals surface area contributed by atoms with Crippen LogP contribution in [0.5, 0.6) is 0 Å². The fraction of sp³-hybridized carbons (Fsp3) is 0.185. The molecule has 1 aliphatic carbocycles. The van der Waals surface area contributed by atoms with Gasteiger partial charge in [0.05, 0.1) is 38.5 Å². The maximum atomic E-state index is 13.9. The van der Waals surface area contributed by atoms with Gasteiger partial charge in [0.2, 0.25) is 0 Å². The van der Waals surface area contributed by atoms with Gasteiger partial charge in [-0.1, -0.05) is 60.7 Å². The molecule has 1 unspecified atom stereocenters. The van der Waals surface area contributed by atoms with Gasteiger partial charge >= 0.3 is 0 Å². The molecule has 0 bridgehead atoms. The highest BCUT2D eigenvalue weighted by Gasteiger charge is 2.35. The van der Waals surface area contributed by atoms with Gasteiger partial charge in [0.25, 0.3) is 5.91 Å². The molecule has 3 aromatic carbocycles. The van der Waals surface area contributed by atoms with Gasteiger partial charge in [-0.2, -0.15) is 0 Å². The molecule has 166 valence electrons. The van der Waals surface area contributed by atoms with Crippen LogP contribution in [0.4, 0.5) is 4.39 Å². The zero-order chi connectivity index (χ0) is 22.9. The van der Waals surface area contributed by atoms with Gasteiger partial charge in [-0.25, -0.2) is 9.37 Å². The quantitative estimate of drug-likeness (QED) is 0.406. The Morgan fingerprint density at radius 1 is 1.03 bits per heavy atom. The van der Waals surface area contributed by atoms with E-state index < -0.39 is 10.8 Å². The number of carbonyl (C=O) groups is 1. The predicted molar refractivity (Wildman–Crippen MR) is 129 cm³/mol. The highest BCUT2D eigenvalue weighted by Crippen LogP contribution is 2.42. The smallest absolute Gasteiger partial charge is 0.253 e. The first-order valence-electron chi connectivity index (χ1n) is 10.9. The Kier molecular flexibility index (Phi) is 5.77. The number of halogens is 1. The number of nitrogens with zero attached hydrogens (tertiary/aromatic N) is 1. The second kappa shape index (κ2) is 8.87. The highest BCUT2D eigenvalue weighted by molar-refractivity contribution is 7.84. The zero-order valence-corrected chi connectivity index (χ0v) is 18.9. The lowest BCUT2D eigenvalue weighted by molar-refractivity contribution is 0.0930. The van der Waals surface area contributed by atoms with Crippen molar-refractivity contribution < 1.29 is 13.4 Å². The topological polar surface area (TPSA) is 59.1 Å². The van der Waals surface area contributed by atoms with Crippen molar-refractivity contribution in [1.82, 2.24) is 10.3 Å². The largest absolute Gasteiger partial charge is 0.345 e. The van der Waals surface area contributed by atoms with Crippen LogP contribution in [0.15, 0.2) is 83.8 Å². The molecule has 1 saturated carbocycles. The van der Waals surface area contributed by atoms with Crippen LogP contribution in [0.2, 0.25) is 0 Å². The van der Waals surface area contributed by atoms with Crippen LogP contribution in [-0.4, -0.2) is 21.4 Å². The Bertz CT molecular complexity index is 1370. The average Bonchev–Trinajstić information content (AvgIpc) is 3.67. The van der Waals surface area contributed by atoms with Crippen LogP contribution in [0.25, 0.3) is 22.2 Å². The second-order valence-corrected chi connectivity index (χ2v) is 9.66. The van der Waals surface area contributed by atoms with Gasteiger partial charge in [0.1, 0.15) is 5.82 Å². The fourth-order valence-corrected chi connectivity index (χ4v) is 5.23. The third-order valence-electron chi connectivity index (χ3n) is 6.00. The van der Waals surface area contributed by atoms with Crippen LogP contribution in [0.3, 0.4) is 0 Å². The van der Waals surface area contributed by atoms with E-state index in [0.29, 0.717) is 27.1 Å². The molecular formula is C27H23FN2O2S. The maximum absolute atomic E-state index is 13.9. The van der Waals surface area contributed by atoms with Gasteiger partial charge in [-0.05, 0) is 42.5 Å². The molecule has 5 rings (SSSR count). The Balaban J connectivity index is 1.67. The molecule has 1 heterocycles. The molecule has 4 nitrogen and oxygen atoms in total. The lowest BCUT2D eigenvalue weighted by atomic mass is 9.99. The summed E-state index contributed by atoms with van der Waals surface area (Å²) in [5.41, 5.74) is 3.10. The lowest BCUT2D eigenvalue weighted by Crippen LogP contribution is -2.31. The van der Waals surface area contributed by atoms with E-state index in [9.17, 15) is 13.4 Å². The Labute approximate surface area is 194 Å². The van der Waals surface area contributed by atoms with E-state index in [1.165, 1.54) is 12.1 Å². The van der Waals surface area contributed by atoms with E-state index in [-0.39, 0.29) is 23.7 Å². The molecule has 1 amide bonds. The van der Waals surface area contributed by atoms with Crippen LogP contribution in [-0.2, 0) is 10.8 Å². The molecule has 0 aliphatic heterocycles. The third-order valence-corrected chi connectivity index (χ3v) is 6.97. The normalized spacial score (nSPS) is 15.2. The van der Waals surface area contributed by atoms with E-state index in [2.05, 4.69) is 5.32 Å². The number of hydrogen-bond donors (Lipinski definition) is 1. The monoisotopic (exact) mass is 458 g/mol. The molecule has 0 spiro atoms. The number of amides is 1. The number of benzene rings is 3. The van der Waals surface area contributed by atoms with E-state index in [4.69, 9.17) is 4.98 Å². The summed E-state index contributed by atoms with van der Waals surface area (Å²) in [6.07, 6.45) is 3.51. The zero-order valence-electron chi connectivity index (χ0n) is 18.1. The molecular weight excluding hydrogens is 435 g/mol. The third kappa shape index (κ3) is 4.31. The molecule has 6 heteroatoms. The van der Waals surface area contributed by atoms with Crippen molar-refractivity contribution >= 4 is 27.6 Å². The average molecular weight is 459 g/mol. The molecule has 0 saturated heterocycles. The van der Waals surface area contributed by atoms with Crippen LogP contribution >= 0.6 is 0 Å². The van der Waals surface area contributed by atoms with Crippen molar-refractivity contribution in [1.29, 1.82) is 0 Å². The number of pyridine rings is 1. The van der Waals surface area contributed by atoms with Crippen molar-refractivity contribution in [2.45, 2.75) is 23.8 Å². The van der Waals surface area contributed by atoms with Crippen LogP contribution in [0.1, 0.15) is 34.8 Å². The summed E-state index contributed by atoms with van der Waals surface area (Å²) in [5, 5.41) is 3.78.